The molecule has 1 aromatic heterocycles. The van der Waals surface area contributed by atoms with Crippen molar-refractivity contribution >= 4 is 27.9 Å². The zero-order valence-corrected chi connectivity index (χ0v) is 16.2. The van der Waals surface area contributed by atoms with Crippen molar-refractivity contribution in [1.82, 2.24) is 15.5 Å². The van der Waals surface area contributed by atoms with Gasteiger partial charge >= 0.3 is 6.01 Å². The minimum Gasteiger partial charge on any atom is -0.405 e. The summed E-state index contributed by atoms with van der Waals surface area (Å²) in [5.41, 5.74) is 1.45. The Bertz CT molecular complexity index is 922. The van der Waals surface area contributed by atoms with Crippen LogP contribution in [0.3, 0.4) is 0 Å². The Balaban J connectivity index is 1.62. The molecule has 0 unspecified atom stereocenters. The number of nitrogens with one attached hydrogen (secondary N) is 1. The first kappa shape index (κ1) is 17.7. The van der Waals surface area contributed by atoms with Crippen molar-refractivity contribution in [3.8, 4) is 0 Å². The van der Waals surface area contributed by atoms with Crippen LogP contribution in [-0.2, 0) is 0 Å². The van der Waals surface area contributed by atoms with Gasteiger partial charge in [-0.25, -0.2) is 0 Å². The minimum atomic E-state index is -0.512. The van der Waals surface area contributed by atoms with Crippen LogP contribution in [0.4, 0.5) is 6.01 Å². The largest absolute Gasteiger partial charge is 0.405 e. The van der Waals surface area contributed by atoms with Crippen LogP contribution in [0.5, 0.6) is 0 Å². The number of nitrogens with zero attached hydrogens (tertiary/aromatic N) is 3. The van der Waals surface area contributed by atoms with Crippen LogP contribution in [0.1, 0.15) is 40.7 Å². The Morgan fingerprint density at radius 3 is 2.59 bits per heavy atom. The lowest BCUT2D eigenvalue weighted by atomic mass is 10.1. The maximum absolute atomic E-state index is 12.8. The highest BCUT2D eigenvalue weighted by Crippen LogP contribution is 2.26. The minimum absolute atomic E-state index is 0.203. The fraction of sp³-hybridized carbons (Fsp3) is 0.250. The lowest BCUT2D eigenvalue weighted by Gasteiger charge is -2.16. The number of rotatable bonds is 5. The molecule has 1 N–H and O–H groups in total. The maximum atomic E-state index is 12.8. The molecule has 4 rings (SSSR count). The van der Waals surface area contributed by atoms with E-state index in [9.17, 15) is 4.79 Å². The van der Waals surface area contributed by atoms with Gasteiger partial charge in [-0.1, -0.05) is 57.4 Å². The first-order valence-corrected chi connectivity index (χ1v) is 9.70. The number of carbonyl (C=O) groups excluding carboxylic acids is 1. The molecule has 0 spiro atoms. The predicted octanol–water partition coefficient (Wildman–Crippen LogP) is 3.95. The summed E-state index contributed by atoms with van der Waals surface area (Å²) in [7, 11) is 0. The van der Waals surface area contributed by atoms with E-state index in [0.717, 1.165) is 36.0 Å². The highest BCUT2D eigenvalue weighted by Gasteiger charge is 2.26. The van der Waals surface area contributed by atoms with E-state index in [-0.39, 0.29) is 5.91 Å². The summed E-state index contributed by atoms with van der Waals surface area (Å²) in [6.07, 6.45) is 2.25. The first-order valence-electron chi connectivity index (χ1n) is 8.90. The quantitative estimate of drug-likeness (QED) is 0.668. The Morgan fingerprint density at radius 2 is 1.85 bits per heavy atom. The van der Waals surface area contributed by atoms with Crippen molar-refractivity contribution in [3.05, 3.63) is 76.1 Å². The third-order valence-corrected chi connectivity index (χ3v) is 5.04. The van der Waals surface area contributed by atoms with Crippen molar-refractivity contribution in [3.63, 3.8) is 0 Å². The molecule has 1 aliphatic rings. The molecule has 1 atom stereocenters. The molecule has 1 saturated heterocycles. The second-order valence-corrected chi connectivity index (χ2v) is 7.36. The third kappa shape index (κ3) is 4.03. The van der Waals surface area contributed by atoms with E-state index in [2.05, 4.69) is 36.3 Å². The standard InChI is InChI=1S/C20H19BrN4O2/c21-16-10-6-9-15(13-16)18(26)22-17(14-7-2-1-3-8-14)19-23-24-20(27-19)25-11-4-5-12-25/h1-3,6-10,13,17H,4-5,11-12H2,(H,22,26)/t17-/m0/s1. The smallest absolute Gasteiger partial charge is 0.318 e. The van der Waals surface area contributed by atoms with E-state index >= 15 is 0 Å². The topological polar surface area (TPSA) is 71.3 Å². The van der Waals surface area contributed by atoms with Crippen molar-refractivity contribution in [2.24, 2.45) is 0 Å². The summed E-state index contributed by atoms with van der Waals surface area (Å²) in [6, 6.07) is 16.9. The van der Waals surface area contributed by atoms with Gasteiger partial charge in [0.05, 0.1) is 0 Å². The molecular weight excluding hydrogens is 408 g/mol. The zero-order valence-electron chi connectivity index (χ0n) is 14.6. The molecule has 1 aliphatic heterocycles. The number of amides is 1. The summed E-state index contributed by atoms with van der Waals surface area (Å²) < 4.78 is 6.77. The first-order chi connectivity index (χ1) is 13.2. The van der Waals surface area contributed by atoms with Gasteiger partial charge in [0.25, 0.3) is 5.91 Å². The van der Waals surface area contributed by atoms with Gasteiger partial charge < -0.3 is 14.6 Å². The maximum Gasteiger partial charge on any atom is 0.318 e. The third-order valence-electron chi connectivity index (χ3n) is 4.55. The number of benzene rings is 2. The average Bonchev–Trinajstić information content (AvgIpc) is 3.38. The molecule has 138 valence electrons. The molecule has 0 radical (unpaired) electrons. The van der Waals surface area contributed by atoms with Crippen LogP contribution in [0.15, 0.2) is 63.5 Å². The fourth-order valence-corrected chi connectivity index (χ4v) is 3.56. The number of hydrogen-bond acceptors (Lipinski definition) is 5. The summed E-state index contributed by atoms with van der Waals surface area (Å²) in [5.74, 6) is 0.178. The van der Waals surface area contributed by atoms with Gasteiger partial charge in [-0.15, -0.1) is 5.10 Å². The van der Waals surface area contributed by atoms with E-state index in [1.807, 2.05) is 42.5 Å². The van der Waals surface area contributed by atoms with Crippen LogP contribution >= 0.6 is 15.9 Å². The lowest BCUT2D eigenvalue weighted by Crippen LogP contribution is -2.29. The van der Waals surface area contributed by atoms with Gasteiger partial charge in [-0.05, 0) is 36.6 Å². The van der Waals surface area contributed by atoms with E-state index in [4.69, 9.17) is 4.42 Å². The molecule has 1 fully saturated rings. The van der Waals surface area contributed by atoms with Crippen LogP contribution in [-0.4, -0.2) is 29.2 Å². The Hall–Kier alpha value is -2.67. The van der Waals surface area contributed by atoms with Crippen LogP contribution in [0, 0.1) is 0 Å². The van der Waals surface area contributed by atoms with Crippen molar-refractivity contribution in [1.29, 1.82) is 0 Å². The molecule has 0 aliphatic carbocycles. The Kier molecular flexibility index (Phi) is 5.20. The van der Waals surface area contributed by atoms with Crippen molar-refractivity contribution < 1.29 is 9.21 Å². The molecule has 27 heavy (non-hydrogen) atoms. The molecule has 3 aromatic rings. The monoisotopic (exact) mass is 426 g/mol. The van der Waals surface area contributed by atoms with Gasteiger partial charge in [0.15, 0.2) is 0 Å². The molecule has 6 nitrogen and oxygen atoms in total. The summed E-state index contributed by atoms with van der Waals surface area (Å²) in [4.78, 5) is 14.9. The summed E-state index contributed by atoms with van der Waals surface area (Å²) in [6.45, 7) is 1.84. The van der Waals surface area contributed by atoms with Gasteiger partial charge in [0.2, 0.25) is 5.89 Å². The average molecular weight is 427 g/mol. The van der Waals surface area contributed by atoms with Gasteiger partial charge in [-0.2, -0.15) is 0 Å². The van der Waals surface area contributed by atoms with Crippen LogP contribution in [0.2, 0.25) is 0 Å². The molecule has 2 heterocycles. The number of halogens is 1. The fourth-order valence-electron chi connectivity index (χ4n) is 3.16. The lowest BCUT2D eigenvalue weighted by molar-refractivity contribution is 0.0938. The van der Waals surface area contributed by atoms with E-state index in [1.165, 1.54) is 0 Å². The number of hydrogen-bond donors (Lipinski definition) is 1. The number of aromatic nitrogens is 2. The Labute approximate surface area is 165 Å². The van der Waals surface area contributed by atoms with E-state index in [1.54, 1.807) is 12.1 Å². The van der Waals surface area contributed by atoms with Crippen molar-refractivity contribution in [2.75, 3.05) is 18.0 Å². The van der Waals surface area contributed by atoms with Crippen molar-refractivity contribution in [2.45, 2.75) is 18.9 Å². The molecule has 1 amide bonds. The second kappa shape index (κ2) is 7.92. The molecule has 2 aromatic carbocycles. The van der Waals surface area contributed by atoms with Gasteiger partial charge in [0.1, 0.15) is 6.04 Å². The molecule has 0 bridgehead atoms. The highest BCUT2D eigenvalue weighted by molar-refractivity contribution is 9.10. The van der Waals surface area contributed by atoms with Gasteiger partial charge in [0, 0.05) is 23.1 Å². The zero-order chi connectivity index (χ0) is 18.6. The molecular formula is C20H19BrN4O2. The number of carbonyl (C=O) groups is 1. The SMILES string of the molecule is O=C(N[C@@H](c1ccccc1)c1nnc(N2CCCC2)o1)c1cccc(Br)c1. The van der Waals surface area contributed by atoms with E-state index < -0.39 is 6.04 Å². The molecule has 0 saturated carbocycles. The van der Waals surface area contributed by atoms with Crippen LogP contribution in [0.25, 0.3) is 0 Å². The summed E-state index contributed by atoms with van der Waals surface area (Å²) >= 11 is 3.40. The molecule has 7 heteroatoms. The van der Waals surface area contributed by atoms with E-state index in [0.29, 0.717) is 17.5 Å². The predicted molar refractivity (Wildman–Crippen MR) is 106 cm³/mol. The van der Waals surface area contributed by atoms with Crippen LogP contribution < -0.4 is 10.2 Å². The Morgan fingerprint density at radius 1 is 1.07 bits per heavy atom. The normalized spacial score (nSPS) is 14.9. The van der Waals surface area contributed by atoms with Gasteiger partial charge in [-0.3, -0.25) is 4.79 Å². The summed E-state index contributed by atoms with van der Waals surface area (Å²) in [5, 5.41) is 11.4. The highest BCUT2D eigenvalue weighted by atomic mass is 79.9. The second-order valence-electron chi connectivity index (χ2n) is 6.44. The number of anilines is 1.